The molecule has 0 bridgehead atoms. The van der Waals surface area contributed by atoms with Gasteiger partial charge in [-0.1, -0.05) is 13.3 Å². The summed E-state index contributed by atoms with van der Waals surface area (Å²) in [5.74, 6) is 1.21. The van der Waals surface area contributed by atoms with Crippen molar-refractivity contribution in [1.29, 1.82) is 0 Å². The molecule has 0 saturated carbocycles. The average Bonchev–Trinajstić information content (AvgIpc) is 2.93. The van der Waals surface area contributed by atoms with Gasteiger partial charge in [-0.3, -0.25) is 4.90 Å². The van der Waals surface area contributed by atoms with Gasteiger partial charge in [0.2, 0.25) is 0 Å². The molecule has 1 saturated heterocycles. The molecular formula is C17H32N4. The number of nitrogens with one attached hydrogen (secondary N) is 1. The van der Waals surface area contributed by atoms with E-state index >= 15 is 0 Å². The molecule has 1 aromatic rings. The smallest absolute Gasteiger partial charge is 0.110 e. The number of hydrogen-bond donors (Lipinski definition) is 1. The van der Waals surface area contributed by atoms with Crippen molar-refractivity contribution in [3.05, 3.63) is 18.2 Å². The van der Waals surface area contributed by atoms with Crippen molar-refractivity contribution in [1.82, 2.24) is 19.8 Å². The first-order chi connectivity index (χ1) is 10.1. The zero-order chi connectivity index (χ0) is 15.3. The molecule has 1 unspecified atom stereocenters. The molecule has 1 aliphatic heterocycles. The summed E-state index contributed by atoms with van der Waals surface area (Å²) < 4.78 is 2.30. The second-order valence-corrected chi connectivity index (χ2v) is 6.78. The Balaban J connectivity index is 2.08. The normalized spacial score (nSPS) is 18.9. The number of likely N-dealkylation sites (tertiary alicyclic amines) is 1. The third-order valence-corrected chi connectivity index (χ3v) is 5.03. The summed E-state index contributed by atoms with van der Waals surface area (Å²) in [6.07, 6.45) is 10.3. The fourth-order valence-electron chi connectivity index (χ4n) is 3.55. The third kappa shape index (κ3) is 3.86. The molecule has 2 rings (SSSR count). The summed E-state index contributed by atoms with van der Waals surface area (Å²) in [5, 5.41) is 3.55. The monoisotopic (exact) mass is 292 g/mol. The Bertz CT molecular complexity index is 418. The lowest BCUT2D eigenvalue weighted by molar-refractivity contribution is 0.0627. The Kier molecular flexibility index (Phi) is 5.82. The number of aryl methyl sites for hydroxylation is 1. The van der Waals surface area contributed by atoms with Crippen LogP contribution in [0.2, 0.25) is 0 Å². The maximum Gasteiger partial charge on any atom is 0.110 e. The second-order valence-electron chi connectivity index (χ2n) is 6.78. The van der Waals surface area contributed by atoms with E-state index in [0.29, 0.717) is 6.04 Å². The molecule has 1 aromatic heterocycles. The number of nitrogens with zero attached hydrogens (tertiary/aromatic N) is 3. The Morgan fingerprint density at radius 1 is 1.29 bits per heavy atom. The van der Waals surface area contributed by atoms with Gasteiger partial charge in [0, 0.05) is 36.9 Å². The molecule has 1 N–H and O–H groups in total. The van der Waals surface area contributed by atoms with E-state index in [-0.39, 0.29) is 5.54 Å². The summed E-state index contributed by atoms with van der Waals surface area (Å²) in [6, 6.07) is 0.425. The largest absolute Gasteiger partial charge is 0.335 e. The standard InChI is InChI=1S/C17H32N4/c1-5-10-20-13-9-19-16(20)14-15(18-4)17(2,3)21-11-7-6-8-12-21/h9,13,15,18H,5-8,10-12,14H2,1-4H3. The topological polar surface area (TPSA) is 33.1 Å². The van der Waals surface area contributed by atoms with E-state index in [4.69, 9.17) is 0 Å². The lowest BCUT2D eigenvalue weighted by atomic mass is 9.88. The number of hydrogen-bond acceptors (Lipinski definition) is 3. The van der Waals surface area contributed by atoms with Crippen molar-refractivity contribution >= 4 is 0 Å². The van der Waals surface area contributed by atoms with Crippen molar-refractivity contribution in [2.75, 3.05) is 20.1 Å². The molecule has 1 aliphatic rings. The van der Waals surface area contributed by atoms with Crippen LogP contribution in [0.3, 0.4) is 0 Å². The lowest BCUT2D eigenvalue weighted by Gasteiger charge is -2.46. The summed E-state index contributed by atoms with van der Waals surface area (Å²) in [4.78, 5) is 7.24. The van der Waals surface area contributed by atoms with Crippen LogP contribution < -0.4 is 5.32 Å². The quantitative estimate of drug-likeness (QED) is 0.839. The Morgan fingerprint density at radius 3 is 2.62 bits per heavy atom. The number of piperidine rings is 1. The molecule has 4 nitrogen and oxygen atoms in total. The van der Waals surface area contributed by atoms with Gasteiger partial charge in [0.1, 0.15) is 5.82 Å². The van der Waals surface area contributed by atoms with Crippen molar-refractivity contribution in [3.8, 4) is 0 Å². The average molecular weight is 292 g/mol. The fraction of sp³-hybridized carbons (Fsp3) is 0.824. The number of aromatic nitrogens is 2. The van der Waals surface area contributed by atoms with E-state index in [1.54, 1.807) is 0 Å². The molecule has 120 valence electrons. The van der Waals surface area contributed by atoms with Gasteiger partial charge in [0.15, 0.2) is 0 Å². The minimum absolute atomic E-state index is 0.165. The van der Waals surface area contributed by atoms with Crippen LogP contribution in [0, 0.1) is 0 Å². The van der Waals surface area contributed by atoms with Gasteiger partial charge >= 0.3 is 0 Å². The zero-order valence-electron chi connectivity index (χ0n) is 14.2. The van der Waals surface area contributed by atoms with E-state index in [2.05, 4.69) is 53.8 Å². The van der Waals surface area contributed by atoms with E-state index in [0.717, 1.165) is 19.4 Å². The van der Waals surface area contributed by atoms with Crippen LogP contribution in [0.4, 0.5) is 0 Å². The Morgan fingerprint density at radius 2 is 2.00 bits per heavy atom. The first kappa shape index (κ1) is 16.5. The van der Waals surface area contributed by atoms with Crippen LogP contribution in [0.1, 0.15) is 52.3 Å². The molecular weight excluding hydrogens is 260 g/mol. The molecule has 0 amide bonds. The first-order valence-electron chi connectivity index (χ1n) is 8.52. The molecule has 0 aromatic carbocycles. The van der Waals surface area contributed by atoms with Crippen molar-refractivity contribution in [2.24, 2.45) is 0 Å². The van der Waals surface area contributed by atoms with Gasteiger partial charge in [-0.05, 0) is 53.2 Å². The number of rotatable bonds is 7. The summed E-state index contributed by atoms with van der Waals surface area (Å²) in [5.41, 5.74) is 0.165. The van der Waals surface area contributed by atoms with Gasteiger partial charge in [-0.25, -0.2) is 4.98 Å². The Labute approximate surface area is 129 Å². The fourth-order valence-corrected chi connectivity index (χ4v) is 3.55. The molecule has 0 radical (unpaired) electrons. The van der Waals surface area contributed by atoms with E-state index in [1.807, 2.05) is 6.20 Å². The van der Waals surface area contributed by atoms with E-state index in [1.165, 1.54) is 38.2 Å². The Hall–Kier alpha value is -0.870. The van der Waals surface area contributed by atoms with Crippen LogP contribution in [-0.2, 0) is 13.0 Å². The highest BCUT2D eigenvalue weighted by Gasteiger charge is 2.35. The number of imidazole rings is 1. The predicted molar refractivity (Wildman–Crippen MR) is 88.6 cm³/mol. The number of likely N-dealkylation sites (N-methyl/N-ethyl adjacent to an activating group) is 1. The third-order valence-electron chi connectivity index (χ3n) is 5.03. The molecule has 1 atom stereocenters. The maximum absolute atomic E-state index is 4.59. The second kappa shape index (κ2) is 7.41. The SMILES string of the molecule is CCCn1ccnc1CC(NC)C(C)(C)N1CCCCC1. The van der Waals surface area contributed by atoms with Crippen LogP contribution >= 0.6 is 0 Å². The van der Waals surface area contributed by atoms with Crippen LogP contribution in [0.25, 0.3) is 0 Å². The highest BCUT2D eigenvalue weighted by Crippen LogP contribution is 2.25. The van der Waals surface area contributed by atoms with Gasteiger partial charge in [-0.15, -0.1) is 0 Å². The molecule has 21 heavy (non-hydrogen) atoms. The van der Waals surface area contributed by atoms with Gasteiger partial charge in [0.05, 0.1) is 0 Å². The maximum atomic E-state index is 4.59. The molecule has 0 spiro atoms. The van der Waals surface area contributed by atoms with Gasteiger partial charge in [0.25, 0.3) is 0 Å². The minimum atomic E-state index is 0.165. The van der Waals surface area contributed by atoms with Gasteiger partial charge in [-0.2, -0.15) is 0 Å². The molecule has 2 heterocycles. The lowest BCUT2D eigenvalue weighted by Crippen LogP contribution is -2.59. The predicted octanol–water partition coefficient (Wildman–Crippen LogP) is 2.69. The highest BCUT2D eigenvalue weighted by molar-refractivity contribution is 5.02. The summed E-state index contributed by atoms with van der Waals surface area (Å²) in [6.45, 7) is 10.5. The van der Waals surface area contributed by atoms with Gasteiger partial charge < -0.3 is 9.88 Å². The highest BCUT2D eigenvalue weighted by atomic mass is 15.2. The zero-order valence-corrected chi connectivity index (χ0v) is 14.2. The van der Waals surface area contributed by atoms with Crippen molar-refractivity contribution < 1.29 is 0 Å². The van der Waals surface area contributed by atoms with E-state index in [9.17, 15) is 0 Å². The molecule has 1 fully saturated rings. The molecule has 0 aliphatic carbocycles. The van der Waals surface area contributed by atoms with Crippen LogP contribution in [0.5, 0.6) is 0 Å². The summed E-state index contributed by atoms with van der Waals surface area (Å²) in [7, 11) is 2.09. The van der Waals surface area contributed by atoms with E-state index < -0.39 is 0 Å². The van der Waals surface area contributed by atoms with Crippen LogP contribution in [0.15, 0.2) is 12.4 Å². The van der Waals surface area contributed by atoms with Crippen LogP contribution in [-0.4, -0.2) is 46.2 Å². The first-order valence-corrected chi connectivity index (χ1v) is 8.52. The minimum Gasteiger partial charge on any atom is -0.335 e. The molecule has 4 heteroatoms. The van der Waals surface area contributed by atoms with Crippen molar-refractivity contribution in [2.45, 2.75) is 71.0 Å². The summed E-state index contributed by atoms with van der Waals surface area (Å²) >= 11 is 0. The van der Waals surface area contributed by atoms with Crippen molar-refractivity contribution in [3.63, 3.8) is 0 Å².